The SMILES string of the molecule is COC(=O)C(c1ccccc1)N1CCC(Br)C1=O. The molecule has 1 amide bonds. The minimum atomic E-state index is -0.647. The summed E-state index contributed by atoms with van der Waals surface area (Å²) in [5.74, 6) is -0.467. The predicted molar refractivity (Wildman–Crippen MR) is 70.2 cm³/mol. The van der Waals surface area contributed by atoms with E-state index >= 15 is 0 Å². The average Bonchev–Trinajstić information content (AvgIpc) is 2.72. The van der Waals surface area contributed by atoms with Crippen LogP contribution in [0.3, 0.4) is 0 Å². The predicted octanol–water partition coefficient (Wildman–Crippen LogP) is 1.90. The summed E-state index contributed by atoms with van der Waals surface area (Å²) in [4.78, 5) is 25.3. The second-order valence-electron chi connectivity index (χ2n) is 4.12. The number of amides is 1. The normalized spacial score (nSPS) is 20.9. The quantitative estimate of drug-likeness (QED) is 0.632. The number of halogens is 1. The molecule has 0 spiro atoms. The lowest BCUT2D eigenvalue weighted by atomic mass is 10.1. The smallest absolute Gasteiger partial charge is 0.333 e. The number of hydrogen-bond acceptors (Lipinski definition) is 3. The van der Waals surface area contributed by atoms with Gasteiger partial charge in [0.2, 0.25) is 5.91 Å². The second-order valence-corrected chi connectivity index (χ2v) is 5.23. The van der Waals surface area contributed by atoms with Crippen molar-refractivity contribution in [3.63, 3.8) is 0 Å². The van der Waals surface area contributed by atoms with E-state index in [9.17, 15) is 9.59 Å². The Labute approximate surface area is 114 Å². The van der Waals surface area contributed by atoms with E-state index in [1.54, 1.807) is 4.90 Å². The fourth-order valence-electron chi connectivity index (χ4n) is 2.11. The summed E-state index contributed by atoms with van der Waals surface area (Å²) < 4.78 is 4.81. The van der Waals surface area contributed by atoms with Crippen LogP contribution in [-0.2, 0) is 14.3 Å². The second kappa shape index (κ2) is 5.52. The fraction of sp³-hybridized carbons (Fsp3) is 0.385. The van der Waals surface area contributed by atoms with Crippen molar-refractivity contribution in [1.82, 2.24) is 4.90 Å². The van der Waals surface area contributed by atoms with Gasteiger partial charge in [0.05, 0.1) is 11.9 Å². The van der Waals surface area contributed by atoms with E-state index in [0.717, 1.165) is 5.56 Å². The maximum atomic E-state index is 12.0. The number of ether oxygens (including phenoxy) is 1. The highest BCUT2D eigenvalue weighted by Gasteiger charge is 2.39. The zero-order chi connectivity index (χ0) is 13.1. The maximum Gasteiger partial charge on any atom is 0.333 e. The minimum absolute atomic E-state index is 0.0609. The number of benzene rings is 1. The van der Waals surface area contributed by atoms with E-state index in [1.165, 1.54) is 7.11 Å². The van der Waals surface area contributed by atoms with Crippen molar-refractivity contribution in [1.29, 1.82) is 0 Å². The summed E-state index contributed by atoms with van der Waals surface area (Å²) in [6, 6.07) is 8.57. The Hall–Kier alpha value is -1.36. The molecule has 0 radical (unpaired) electrons. The number of nitrogens with zero attached hydrogens (tertiary/aromatic N) is 1. The molecule has 0 aromatic heterocycles. The molecule has 2 unspecified atom stereocenters. The molecule has 5 heteroatoms. The number of rotatable bonds is 3. The van der Waals surface area contributed by atoms with Crippen LogP contribution in [0.2, 0.25) is 0 Å². The Morgan fingerprint density at radius 3 is 2.61 bits per heavy atom. The van der Waals surface area contributed by atoms with Crippen LogP contribution in [0.15, 0.2) is 30.3 Å². The monoisotopic (exact) mass is 311 g/mol. The Bertz CT molecular complexity index is 449. The third kappa shape index (κ3) is 2.41. The molecule has 2 rings (SSSR count). The molecular weight excluding hydrogens is 298 g/mol. The van der Waals surface area contributed by atoms with Gasteiger partial charge in [-0.05, 0) is 12.0 Å². The topological polar surface area (TPSA) is 46.6 Å². The van der Waals surface area contributed by atoms with Crippen LogP contribution in [0.25, 0.3) is 0 Å². The van der Waals surface area contributed by atoms with E-state index in [2.05, 4.69) is 15.9 Å². The van der Waals surface area contributed by atoms with Crippen LogP contribution in [0.4, 0.5) is 0 Å². The summed E-state index contributed by atoms with van der Waals surface area (Å²) >= 11 is 3.31. The summed E-state index contributed by atoms with van der Waals surface area (Å²) in [5.41, 5.74) is 0.777. The van der Waals surface area contributed by atoms with Crippen LogP contribution >= 0.6 is 15.9 Å². The van der Waals surface area contributed by atoms with Crippen LogP contribution in [0.5, 0.6) is 0 Å². The van der Waals surface area contributed by atoms with Crippen molar-refractivity contribution in [3.05, 3.63) is 35.9 Å². The van der Waals surface area contributed by atoms with Crippen LogP contribution in [0, 0.1) is 0 Å². The number of carbonyl (C=O) groups is 2. The lowest BCUT2D eigenvalue weighted by molar-refractivity contribution is -0.151. The van der Waals surface area contributed by atoms with Gasteiger partial charge in [0, 0.05) is 6.54 Å². The molecule has 96 valence electrons. The van der Waals surface area contributed by atoms with Gasteiger partial charge in [-0.15, -0.1) is 0 Å². The molecule has 4 nitrogen and oxygen atoms in total. The molecule has 0 aliphatic carbocycles. The molecule has 1 aliphatic rings. The number of alkyl halides is 1. The molecular formula is C13H14BrNO3. The third-order valence-electron chi connectivity index (χ3n) is 3.03. The van der Waals surface area contributed by atoms with Crippen molar-refractivity contribution in [2.75, 3.05) is 13.7 Å². The Morgan fingerprint density at radius 1 is 1.44 bits per heavy atom. The molecule has 1 aromatic carbocycles. The zero-order valence-corrected chi connectivity index (χ0v) is 11.6. The lowest BCUT2D eigenvalue weighted by Crippen LogP contribution is -2.37. The summed E-state index contributed by atoms with van der Waals surface area (Å²) in [7, 11) is 1.34. The van der Waals surface area contributed by atoms with E-state index in [1.807, 2.05) is 30.3 Å². The highest BCUT2D eigenvalue weighted by atomic mass is 79.9. The first-order chi connectivity index (χ1) is 8.65. The Kier molecular flexibility index (Phi) is 4.01. The van der Waals surface area contributed by atoms with Crippen LogP contribution in [-0.4, -0.2) is 35.3 Å². The minimum Gasteiger partial charge on any atom is -0.467 e. The number of methoxy groups -OCH3 is 1. The van der Waals surface area contributed by atoms with Gasteiger partial charge in [-0.1, -0.05) is 46.3 Å². The van der Waals surface area contributed by atoms with Gasteiger partial charge in [-0.25, -0.2) is 4.79 Å². The van der Waals surface area contributed by atoms with Gasteiger partial charge in [0.15, 0.2) is 6.04 Å². The maximum absolute atomic E-state index is 12.0. The summed E-state index contributed by atoms with van der Waals surface area (Å²) in [6.07, 6.45) is 0.708. The zero-order valence-electron chi connectivity index (χ0n) is 10.0. The molecule has 0 N–H and O–H groups in total. The average molecular weight is 312 g/mol. The number of carbonyl (C=O) groups excluding carboxylic acids is 2. The van der Waals surface area contributed by atoms with Crippen molar-refractivity contribution < 1.29 is 14.3 Å². The van der Waals surface area contributed by atoms with Gasteiger partial charge in [-0.2, -0.15) is 0 Å². The number of hydrogen-bond donors (Lipinski definition) is 0. The van der Waals surface area contributed by atoms with Gasteiger partial charge < -0.3 is 9.64 Å². The Balaban J connectivity index is 2.32. The molecule has 1 aliphatic heterocycles. The van der Waals surface area contributed by atoms with Crippen LogP contribution < -0.4 is 0 Å². The Morgan fingerprint density at radius 2 is 2.11 bits per heavy atom. The van der Waals surface area contributed by atoms with Gasteiger partial charge >= 0.3 is 5.97 Å². The van der Waals surface area contributed by atoms with Crippen LogP contribution in [0.1, 0.15) is 18.0 Å². The molecule has 18 heavy (non-hydrogen) atoms. The van der Waals surface area contributed by atoms with E-state index in [-0.39, 0.29) is 10.7 Å². The third-order valence-corrected chi connectivity index (χ3v) is 3.88. The fourth-order valence-corrected chi connectivity index (χ4v) is 2.58. The standard InChI is InChI=1S/C13H14BrNO3/c1-18-13(17)11(9-5-3-2-4-6-9)15-8-7-10(14)12(15)16/h2-6,10-11H,7-8H2,1H3. The van der Waals surface area contributed by atoms with E-state index in [0.29, 0.717) is 13.0 Å². The molecule has 0 saturated carbocycles. The van der Waals surface area contributed by atoms with Crippen molar-refractivity contribution in [3.8, 4) is 0 Å². The van der Waals surface area contributed by atoms with E-state index < -0.39 is 12.0 Å². The largest absolute Gasteiger partial charge is 0.467 e. The highest BCUT2D eigenvalue weighted by Crippen LogP contribution is 2.29. The van der Waals surface area contributed by atoms with Gasteiger partial charge in [0.25, 0.3) is 0 Å². The molecule has 1 aromatic rings. The van der Waals surface area contributed by atoms with Gasteiger partial charge in [-0.3, -0.25) is 4.79 Å². The first kappa shape index (κ1) is 13.1. The highest BCUT2D eigenvalue weighted by molar-refractivity contribution is 9.10. The molecule has 2 atom stereocenters. The number of likely N-dealkylation sites (tertiary alicyclic amines) is 1. The van der Waals surface area contributed by atoms with E-state index in [4.69, 9.17) is 4.74 Å². The lowest BCUT2D eigenvalue weighted by Gasteiger charge is -2.25. The molecule has 1 saturated heterocycles. The first-order valence-electron chi connectivity index (χ1n) is 5.72. The summed E-state index contributed by atoms with van der Waals surface area (Å²) in [6.45, 7) is 0.559. The molecule has 1 heterocycles. The number of esters is 1. The van der Waals surface area contributed by atoms with Crippen molar-refractivity contribution in [2.24, 2.45) is 0 Å². The van der Waals surface area contributed by atoms with Gasteiger partial charge in [0.1, 0.15) is 0 Å². The van der Waals surface area contributed by atoms with Crippen molar-refractivity contribution >= 4 is 27.8 Å². The molecule has 1 fully saturated rings. The summed E-state index contributed by atoms with van der Waals surface area (Å²) in [5, 5.41) is 0. The van der Waals surface area contributed by atoms with Crippen molar-refractivity contribution in [2.45, 2.75) is 17.3 Å². The molecule has 0 bridgehead atoms. The first-order valence-corrected chi connectivity index (χ1v) is 6.64.